The maximum Gasteiger partial charge on any atom is 0.408 e. The third-order valence-electron chi connectivity index (χ3n) is 4.42. The molecule has 6 heteroatoms. The maximum absolute atomic E-state index is 12.2. The van der Waals surface area contributed by atoms with Gasteiger partial charge in [0.1, 0.15) is 11.6 Å². The van der Waals surface area contributed by atoms with E-state index in [9.17, 15) is 9.59 Å². The topological polar surface area (TPSA) is 67.9 Å². The molecule has 1 amide bonds. The van der Waals surface area contributed by atoms with Crippen LogP contribution in [0.25, 0.3) is 0 Å². The Morgan fingerprint density at radius 3 is 2.78 bits per heavy atom. The first-order valence-corrected chi connectivity index (χ1v) is 9.30. The number of carbonyl (C=O) groups excluding carboxylic acids is 2. The smallest absolute Gasteiger partial charge is 0.408 e. The SMILES string of the molecule is C=CC[C@H](NC(=O)OC(C)(C)C)c1cccc(N2CCCC2C(=O)OC)c1. The highest BCUT2D eigenvalue weighted by Crippen LogP contribution is 2.29. The lowest BCUT2D eigenvalue weighted by Gasteiger charge is -2.27. The Labute approximate surface area is 161 Å². The maximum atomic E-state index is 12.2. The van der Waals surface area contributed by atoms with Crippen LogP contribution in [0.15, 0.2) is 36.9 Å². The highest BCUT2D eigenvalue weighted by molar-refractivity contribution is 5.80. The number of carbonyl (C=O) groups is 2. The third kappa shape index (κ3) is 5.74. The zero-order valence-corrected chi connectivity index (χ0v) is 16.7. The largest absolute Gasteiger partial charge is 0.467 e. The fraction of sp³-hybridized carbons (Fsp3) is 0.524. The van der Waals surface area contributed by atoms with Gasteiger partial charge >= 0.3 is 12.1 Å². The first kappa shape index (κ1) is 20.8. The molecule has 1 aliphatic heterocycles. The number of esters is 1. The van der Waals surface area contributed by atoms with Crippen LogP contribution in [0.1, 0.15) is 51.6 Å². The second-order valence-corrected chi connectivity index (χ2v) is 7.69. The monoisotopic (exact) mass is 374 g/mol. The number of hydrogen-bond donors (Lipinski definition) is 1. The van der Waals surface area contributed by atoms with E-state index >= 15 is 0 Å². The minimum absolute atomic E-state index is 0.215. The number of anilines is 1. The molecule has 1 heterocycles. The van der Waals surface area contributed by atoms with Gasteiger partial charge in [0.15, 0.2) is 0 Å². The summed E-state index contributed by atoms with van der Waals surface area (Å²) in [5.74, 6) is -0.215. The summed E-state index contributed by atoms with van der Waals surface area (Å²) in [6.07, 6.45) is 3.60. The molecule has 1 aromatic rings. The normalized spacial score (nSPS) is 17.9. The highest BCUT2D eigenvalue weighted by Gasteiger charge is 2.32. The number of rotatable bonds is 6. The van der Waals surface area contributed by atoms with Gasteiger partial charge in [-0.3, -0.25) is 0 Å². The highest BCUT2D eigenvalue weighted by atomic mass is 16.6. The number of methoxy groups -OCH3 is 1. The van der Waals surface area contributed by atoms with Crippen LogP contribution < -0.4 is 10.2 Å². The van der Waals surface area contributed by atoms with Crippen molar-refractivity contribution in [2.45, 2.75) is 57.7 Å². The summed E-state index contributed by atoms with van der Waals surface area (Å²) in [6, 6.07) is 7.36. The van der Waals surface area contributed by atoms with Crippen molar-refractivity contribution in [3.05, 3.63) is 42.5 Å². The molecule has 6 nitrogen and oxygen atoms in total. The number of nitrogens with one attached hydrogen (secondary N) is 1. The summed E-state index contributed by atoms with van der Waals surface area (Å²) in [6.45, 7) is 10.1. The summed E-state index contributed by atoms with van der Waals surface area (Å²) in [7, 11) is 1.42. The Bertz CT molecular complexity index is 681. The Balaban J connectivity index is 2.20. The summed E-state index contributed by atoms with van der Waals surface area (Å²) >= 11 is 0. The van der Waals surface area contributed by atoms with Crippen molar-refractivity contribution in [1.29, 1.82) is 0 Å². The van der Waals surface area contributed by atoms with Gasteiger partial charge in [-0.1, -0.05) is 18.2 Å². The average molecular weight is 374 g/mol. The van der Waals surface area contributed by atoms with Crippen LogP contribution in [-0.2, 0) is 14.3 Å². The van der Waals surface area contributed by atoms with Crippen molar-refractivity contribution < 1.29 is 19.1 Å². The number of amides is 1. The van der Waals surface area contributed by atoms with E-state index in [1.165, 1.54) is 7.11 Å². The van der Waals surface area contributed by atoms with Gasteiger partial charge in [0, 0.05) is 12.2 Å². The van der Waals surface area contributed by atoms with Crippen LogP contribution >= 0.6 is 0 Å². The molecule has 148 valence electrons. The van der Waals surface area contributed by atoms with Gasteiger partial charge in [-0.2, -0.15) is 0 Å². The van der Waals surface area contributed by atoms with E-state index in [1.807, 2.05) is 45.0 Å². The molecule has 1 unspecified atom stereocenters. The molecule has 2 atom stereocenters. The predicted molar refractivity (Wildman–Crippen MR) is 106 cm³/mol. The van der Waals surface area contributed by atoms with Gasteiger partial charge in [-0.15, -0.1) is 6.58 Å². The van der Waals surface area contributed by atoms with E-state index in [0.717, 1.165) is 30.6 Å². The number of benzene rings is 1. The Hall–Kier alpha value is -2.50. The fourth-order valence-corrected chi connectivity index (χ4v) is 3.27. The van der Waals surface area contributed by atoms with E-state index < -0.39 is 11.7 Å². The zero-order valence-electron chi connectivity index (χ0n) is 16.7. The Kier molecular flexibility index (Phi) is 6.88. The lowest BCUT2D eigenvalue weighted by Crippen LogP contribution is -2.37. The Morgan fingerprint density at radius 1 is 1.41 bits per heavy atom. The predicted octanol–water partition coefficient (Wildman–Crippen LogP) is 3.97. The molecule has 1 saturated heterocycles. The number of ether oxygens (including phenoxy) is 2. The fourth-order valence-electron chi connectivity index (χ4n) is 3.27. The van der Waals surface area contributed by atoms with E-state index in [0.29, 0.717) is 6.42 Å². The molecule has 0 aliphatic carbocycles. The molecule has 1 aromatic carbocycles. The second-order valence-electron chi connectivity index (χ2n) is 7.69. The lowest BCUT2D eigenvalue weighted by atomic mass is 10.0. The summed E-state index contributed by atoms with van der Waals surface area (Å²) in [4.78, 5) is 26.3. The summed E-state index contributed by atoms with van der Waals surface area (Å²) in [5.41, 5.74) is 1.32. The van der Waals surface area contributed by atoms with E-state index in [2.05, 4.69) is 16.8 Å². The third-order valence-corrected chi connectivity index (χ3v) is 4.42. The van der Waals surface area contributed by atoms with E-state index in [1.54, 1.807) is 6.08 Å². The van der Waals surface area contributed by atoms with Crippen LogP contribution in [0.2, 0.25) is 0 Å². The van der Waals surface area contributed by atoms with Crippen molar-refractivity contribution in [2.24, 2.45) is 0 Å². The van der Waals surface area contributed by atoms with Crippen LogP contribution in [0.5, 0.6) is 0 Å². The number of nitrogens with zero attached hydrogens (tertiary/aromatic N) is 1. The number of hydrogen-bond acceptors (Lipinski definition) is 5. The second kappa shape index (κ2) is 8.93. The van der Waals surface area contributed by atoms with Crippen LogP contribution in [-0.4, -0.2) is 37.4 Å². The lowest BCUT2D eigenvalue weighted by molar-refractivity contribution is -0.141. The summed E-state index contributed by atoms with van der Waals surface area (Å²) in [5, 5.41) is 2.91. The van der Waals surface area contributed by atoms with E-state index in [-0.39, 0.29) is 18.1 Å². The molecule has 2 rings (SSSR count). The first-order chi connectivity index (χ1) is 12.7. The van der Waals surface area contributed by atoms with Gasteiger partial charge < -0.3 is 19.7 Å². The van der Waals surface area contributed by atoms with Gasteiger partial charge in [-0.25, -0.2) is 9.59 Å². The van der Waals surface area contributed by atoms with Crippen LogP contribution in [0.4, 0.5) is 10.5 Å². The average Bonchev–Trinajstić information content (AvgIpc) is 3.09. The van der Waals surface area contributed by atoms with Crippen molar-refractivity contribution in [3.63, 3.8) is 0 Å². The molecule has 1 fully saturated rings. The molecule has 0 aromatic heterocycles. The van der Waals surface area contributed by atoms with Gasteiger partial charge in [0.05, 0.1) is 13.2 Å². The minimum atomic E-state index is -0.562. The number of alkyl carbamates (subject to hydrolysis) is 1. The minimum Gasteiger partial charge on any atom is -0.467 e. The van der Waals surface area contributed by atoms with Gasteiger partial charge in [-0.05, 0) is 57.7 Å². The van der Waals surface area contributed by atoms with Crippen molar-refractivity contribution in [1.82, 2.24) is 5.32 Å². The molecule has 1 aliphatic rings. The molecule has 1 N–H and O–H groups in total. The zero-order chi connectivity index (χ0) is 20.0. The van der Waals surface area contributed by atoms with Gasteiger partial charge in [0.25, 0.3) is 0 Å². The summed E-state index contributed by atoms with van der Waals surface area (Å²) < 4.78 is 10.3. The van der Waals surface area contributed by atoms with Crippen LogP contribution in [0, 0.1) is 0 Å². The molecule has 0 radical (unpaired) electrons. The van der Waals surface area contributed by atoms with Crippen molar-refractivity contribution >= 4 is 17.7 Å². The van der Waals surface area contributed by atoms with Crippen molar-refractivity contribution in [3.8, 4) is 0 Å². The molecular formula is C21H30N2O4. The van der Waals surface area contributed by atoms with Crippen molar-refractivity contribution in [2.75, 3.05) is 18.6 Å². The molecular weight excluding hydrogens is 344 g/mol. The molecule has 0 spiro atoms. The van der Waals surface area contributed by atoms with E-state index in [4.69, 9.17) is 9.47 Å². The molecule has 27 heavy (non-hydrogen) atoms. The van der Waals surface area contributed by atoms with Crippen LogP contribution in [0.3, 0.4) is 0 Å². The quantitative estimate of drug-likeness (QED) is 0.603. The first-order valence-electron chi connectivity index (χ1n) is 9.30. The molecule has 0 bridgehead atoms. The Morgan fingerprint density at radius 2 is 2.15 bits per heavy atom. The molecule has 0 saturated carbocycles. The standard InChI is InChI=1S/C21H30N2O4/c1-6-9-17(22-20(25)27-21(2,3)4)15-10-7-11-16(14-15)23-13-8-12-18(23)19(24)26-5/h6-7,10-11,14,17-18H,1,8-9,12-13H2,2-5H3,(H,22,25)/t17-,18?/m0/s1. The van der Waals surface area contributed by atoms with Gasteiger partial charge in [0.2, 0.25) is 0 Å².